The molecule has 2 saturated heterocycles. The predicted octanol–water partition coefficient (Wildman–Crippen LogP) is 1.69. The number of epoxide rings is 2. The molecule has 2 heterocycles. The summed E-state index contributed by atoms with van der Waals surface area (Å²) in [7, 11) is 0. The first kappa shape index (κ1) is 10.9. The van der Waals surface area contributed by atoms with E-state index in [1.54, 1.807) is 0 Å². The number of rotatable bonds is 8. The Labute approximate surface area is 90.7 Å². The van der Waals surface area contributed by atoms with Crippen molar-refractivity contribution < 1.29 is 14.2 Å². The van der Waals surface area contributed by atoms with E-state index in [0.717, 1.165) is 19.4 Å². The van der Waals surface area contributed by atoms with Crippen LogP contribution in [-0.2, 0) is 14.2 Å². The van der Waals surface area contributed by atoms with Crippen molar-refractivity contribution in [3.05, 3.63) is 25.3 Å². The Morgan fingerprint density at radius 3 is 2.80 bits per heavy atom. The summed E-state index contributed by atoms with van der Waals surface area (Å²) in [6.45, 7) is 9.63. The molecule has 84 valence electrons. The average molecular weight is 210 g/mol. The monoisotopic (exact) mass is 210 g/mol. The van der Waals surface area contributed by atoms with Crippen molar-refractivity contribution in [2.75, 3.05) is 19.8 Å². The topological polar surface area (TPSA) is 34.3 Å². The summed E-state index contributed by atoms with van der Waals surface area (Å²) in [5, 5.41) is 0. The molecule has 2 aliphatic heterocycles. The van der Waals surface area contributed by atoms with Crippen LogP contribution in [0.5, 0.6) is 0 Å². The van der Waals surface area contributed by atoms with Crippen LogP contribution in [0.3, 0.4) is 0 Å². The van der Waals surface area contributed by atoms with Crippen LogP contribution >= 0.6 is 0 Å². The minimum absolute atomic E-state index is 0.134. The van der Waals surface area contributed by atoms with Crippen LogP contribution in [0.1, 0.15) is 12.8 Å². The van der Waals surface area contributed by atoms with Gasteiger partial charge in [-0.1, -0.05) is 12.2 Å². The lowest BCUT2D eigenvalue weighted by atomic mass is 10.0. The molecule has 0 radical (unpaired) electrons. The molecule has 3 heteroatoms. The Balaban J connectivity index is 1.73. The van der Waals surface area contributed by atoms with Crippen LogP contribution in [-0.4, -0.2) is 37.6 Å². The van der Waals surface area contributed by atoms with Gasteiger partial charge in [-0.15, -0.1) is 13.2 Å². The number of ether oxygens (including phenoxy) is 3. The zero-order valence-corrected chi connectivity index (χ0v) is 8.98. The molecule has 3 unspecified atom stereocenters. The highest BCUT2D eigenvalue weighted by Crippen LogP contribution is 2.42. The molecule has 0 spiro atoms. The molecule has 0 aliphatic carbocycles. The third kappa shape index (κ3) is 2.68. The Hall–Kier alpha value is -0.640. The standard InChI is InChI=1S/C12H18O3/c1-3-5-11-12(15-11,6-4-2)9-13-7-10-8-14-10/h3-4,10-11H,1-2,5-9H2. The maximum atomic E-state index is 5.68. The zero-order valence-electron chi connectivity index (χ0n) is 8.98. The average Bonchev–Trinajstić information content (AvgIpc) is 3.08. The first-order valence-corrected chi connectivity index (χ1v) is 5.40. The fraction of sp³-hybridized carbons (Fsp3) is 0.667. The van der Waals surface area contributed by atoms with E-state index >= 15 is 0 Å². The Bertz CT molecular complexity index is 247. The molecule has 3 nitrogen and oxygen atoms in total. The quantitative estimate of drug-likeness (QED) is 0.451. The third-order valence-electron chi connectivity index (χ3n) is 2.83. The van der Waals surface area contributed by atoms with Crippen molar-refractivity contribution in [3.63, 3.8) is 0 Å². The van der Waals surface area contributed by atoms with E-state index in [0.29, 0.717) is 19.3 Å². The van der Waals surface area contributed by atoms with E-state index in [1.165, 1.54) is 0 Å². The number of hydrogen-bond acceptors (Lipinski definition) is 3. The molecule has 0 amide bonds. The molecule has 0 aromatic carbocycles. The van der Waals surface area contributed by atoms with Crippen LogP contribution in [0, 0.1) is 0 Å². The van der Waals surface area contributed by atoms with Crippen LogP contribution in [0.25, 0.3) is 0 Å². The van der Waals surface area contributed by atoms with Crippen LogP contribution in [0.2, 0.25) is 0 Å². The maximum absolute atomic E-state index is 5.68. The summed E-state index contributed by atoms with van der Waals surface area (Å²) < 4.78 is 16.3. The largest absolute Gasteiger partial charge is 0.376 e. The lowest BCUT2D eigenvalue weighted by Crippen LogP contribution is -2.23. The molecule has 15 heavy (non-hydrogen) atoms. The van der Waals surface area contributed by atoms with E-state index < -0.39 is 0 Å². The van der Waals surface area contributed by atoms with Crippen LogP contribution < -0.4 is 0 Å². The second kappa shape index (κ2) is 4.47. The second-order valence-corrected chi connectivity index (χ2v) is 4.16. The zero-order chi connectivity index (χ0) is 10.7. The summed E-state index contributed by atoms with van der Waals surface area (Å²) in [5.74, 6) is 0. The van der Waals surface area contributed by atoms with Crippen molar-refractivity contribution in [2.45, 2.75) is 30.7 Å². The van der Waals surface area contributed by atoms with Crippen molar-refractivity contribution in [2.24, 2.45) is 0 Å². The van der Waals surface area contributed by atoms with E-state index in [4.69, 9.17) is 14.2 Å². The summed E-state index contributed by atoms with van der Waals surface area (Å²) in [4.78, 5) is 0. The van der Waals surface area contributed by atoms with Gasteiger partial charge >= 0.3 is 0 Å². The van der Waals surface area contributed by atoms with Crippen molar-refractivity contribution in [3.8, 4) is 0 Å². The molecular weight excluding hydrogens is 192 g/mol. The Morgan fingerprint density at radius 2 is 2.20 bits per heavy atom. The van der Waals surface area contributed by atoms with E-state index in [-0.39, 0.29) is 11.7 Å². The molecule has 3 atom stereocenters. The van der Waals surface area contributed by atoms with E-state index in [1.807, 2.05) is 12.2 Å². The molecule has 0 bridgehead atoms. The first-order chi connectivity index (χ1) is 7.30. The van der Waals surface area contributed by atoms with Gasteiger partial charge in [0.05, 0.1) is 25.9 Å². The van der Waals surface area contributed by atoms with Gasteiger partial charge in [-0.3, -0.25) is 0 Å². The highest BCUT2D eigenvalue weighted by Gasteiger charge is 2.54. The van der Waals surface area contributed by atoms with Gasteiger partial charge in [0.1, 0.15) is 11.7 Å². The normalized spacial score (nSPS) is 37.3. The summed E-state index contributed by atoms with van der Waals surface area (Å²) >= 11 is 0. The third-order valence-corrected chi connectivity index (χ3v) is 2.83. The predicted molar refractivity (Wildman–Crippen MR) is 57.8 cm³/mol. The number of hydrogen-bond donors (Lipinski definition) is 0. The molecule has 0 N–H and O–H groups in total. The van der Waals surface area contributed by atoms with Crippen molar-refractivity contribution in [1.82, 2.24) is 0 Å². The SMILES string of the molecule is C=CCC1OC1(CC=C)COCC1CO1. The molecule has 2 rings (SSSR count). The second-order valence-electron chi connectivity index (χ2n) is 4.16. The highest BCUT2D eigenvalue weighted by atomic mass is 16.6. The summed E-state index contributed by atoms with van der Waals surface area (Å²) in [5.41, 5.74) is -0.134. The van der Waals surface area contributed by atoms with Crippen molar-refractivity contribution in [1.29, 1.82) is 0 Å². The van der Waals surface area contributed by atoms with Gasteiger partial charge in [0.25, 0.3) is 0 Å². The first-order valence-electron chi connectivity index (χ1n) is 5.40. The molecular formula is C12H18O3. The Kier molecular flexibility index (Phi) is 3.24. The van der Waals surface area contributed by atoms with Crippen LogP contribution in [0.15, 0.2) is 25.3 Å². The Morgan fingerprint density at radius 1 is 1.40 bits per heavy atom. The smallest absolute Gasteiger partial charge is 0.122 e. The fourth-order valence-electron chi connectivity index (χ4n) is 1.80. The van der Waals surface area contributed by atoms with E-state index in [2.05, 4.69) is 13.2 Å². The molecule has 0 aromatic heterocycles. The fourth-order valence-corrected chi connectivity index (χ4v) is 1.80. The van der Waals surface area contributed by atoms with Gasteiger partial charge in [-0.25, -0.2) is 0 Å². The molecule has 2 fully saturated rings. The minimum atomic E-state index is -0.134. The van der Waals surface area contributed by atoms with E-state index in [9.17, 15) is 0 Å². The van der Waals surface area contributed by atoms with Crippen molar-refractivity contribution >= 4 is 0 Å². The lowest BCUT2D eigenvalue weighted by Gasteiger charge is -2.10. The van der Waals surface area contributed by atoms with Gasteiger partial charge in [0.15, 0.2) is 0 Å². The minimum Gasteiger partial charge on any atom is -0.376 e. The van der Waals surface area contributed by atoms with Gasteiger partial charge in [-0.05, 0) is 12.8 Å². The van der Waals surface area contributed by atoms with Gasteiger partial charge < -0.3 is 14.2 Å². The highest BCUT2D eigenvalue weighted by molar-refractivity contribution is 5.08. The van der Waals surface area contributed by atoms with Gasteiger partial charge in [0.2, 0.25) is 0 Å². The molecule has 0 saturated carbocycles. The maximum Gasteiger partial charge on any atom is 0.122 e. The van der Waals surface area contributed by atoms with Gasteiger partial charge in [0, 0.05) is 0 Å². The lowest BCUT2D eigenvalue weighted by molar-refractivity contribution is 0.0689. The summed E-state index contributed by atoms with van der Waals surface area (Å²) in [6.07, 6.45) is 6.09. The molecule has 2 aliphatic rings. The van der Waals surface area contributed by atoms with Crippen LogP contribution in [0.4, 0.5) is 0 Å². The molecule has 0 aromatic rings. The summed E-state index contributed by atoms with van der Waals surface area (Å²) in [6, 6.07) is 0. The van der Waals surface area contributed by atoms with Gasteiger partial charge in [-0.2, -0.15) is 0 Å².